The van der Waals surface area contributed by atoms with Crippen molar-refractivity contribution >= 4 is 17.7 Å². The Morgan fingerprint density at radius 1 is 1.35 bits per heavy atom. The van der Waals surface area contributed by atoms with E-state index in [1.54, 1.807) is 7.11 Å². The number of hydrogen-bond donors (Lipinski definition) is 1. The highest BCUT2D eigenvalue weighted by molar-refractivity contribution is 6.31. The van der Waals surface area contributed by atoms with Crippen molar-refractivity contribution in [1.29, 1.82) is 0 Å². The lowest BCUT2D eigenvalue weighted by atomic mass is 10.0. The molecular formula is C21H26ClNO3. The molecule has 140 valence electrons. The van der Waals surface area contributed by atoms with E-state index in [0.29, 0.717) is 17.6 Å². The Bertz CT molecular complexity index is 781. The minimum Gasteiger partial charge on any atom is -0.495 e. The molecule has 4 nitrogen and oxygen atoms in total. The van der Waals surface area contributed by atoms with Gasteiger partial charge in [-0.1, -0.05) is 30.4 Å². The first-order valence-electron chi connectivity index (χ1n) is 9.04. The predicted molar refractivity (Wildman–Crippen MR) is 103 cm³/mol. The van der Waals surface area contributed by atoms with Gasteiger partial charge in [-0.05, 0) is 63.5 Å². The van der Waals surface area contributed by atoms with Crippen molar-refractivity contribution in [2.45, 2.75) is 64.0 Å². The van der Waals surface area contributed by atoms with Crippen LogP contribution in [0.3, 0.4) is 0 Å². The number of hydrogen-bond acceptors (Lipinski definition) is 3. The Morgan fingerprint density at radius 3 is 2.50 bits per heavy atom. The molecule has 3 rings (SSSR count). The summed E-state index contributed by atoms with van der Waals surface area (Å²) in [5.41, 5.74) is 0.917. The summed E-state index contributed by atoms with van der Waals surface area (Å²) < 4.78 is 10.8. The molecule has 2 unspecified atom stereocenters. The monoisotopic (exact) mass is 375 g/mol. The molecule has 5 heteroatoms. The number of ether oxygens (including phenoxy) is 2. The highest BCUT2D eigenvalue weighted by atomic mass is 35.5. The number of methoxy groups -OCH3 is 1. The van der Waals surface area contributed by atoms with E-state index in [2.05, 4.69) is 24.1 Å². The number of alkyl carbamates (subject to hydrolysis) is 1. The van der Waals surface area contributed by atoms with Crippen LogP contribution in [-0.4, -0.2) is 24.3 Å². The maximum absolute atomic E-state index is 12.0. The van der Waals surface area contributed by atoms with Crippen molar-refractivity contribution in [2.24, 2.45) is 5.92 Å². The number of benzene rings is 1. The summed E-state index contributed by atoms with van der Waals surface area (Å²) in [7, 11) is 1.61. The lowest BCUT2D eigenvalue weighted by molar-refractivity contribution is 0.0511. The van der Waals surface area contributed by atoms with E-state index < -0.39 is 17.2 Å². The van der Waals surface area contributed by atoms with Crippen molar-refractivity contribution in [3.8, 4) is 17.6 Å². The smallest absolute Gasteiger partial charge is 0.408 e. The molecular weight excluding hydrogens is 350 g/mol. The Kier molecular flexibility index (Phi) is 4.88. The highest BCUT2D eigenvalue weighted by Crippen LogP contribution is 2.50. The normalized spacial score (nSPS) is 22.7. The molecule has 1 aromatic carbocycles. The van der Waals surface area contributed by atoms with Gasteiger partial charge in [-0.15, -0.1) is 0 Å². The number of carbonyl (C=O) groups is 1. The van der Waals surface area contributed by atoms with Crippen molar-refractivity contribution in [2.75, 3.05) is 7.11 Å². The number of nitrogens with one attached hydrogen (secondary N) is 1. The van der Waals surface area contributed by atoms with Gasteiger partial charge >= 0.3 is 6.09 Å². The molecule has 2 aliphatic rings. The number of carbonyl (C=O) groups excluding carboxylic acids is 1. The van der Waals surface area contributed by atoms with Crippen LogP contribution in [0.15, 0.2) is 12.1 Å². The third kappa shape index (κ3) is 4.45. The van der Waals surface area contributed by atoms with Gasteiger partial charge in [-0.2, -0.15) is 0 Å². The molecule has 0 radical (unpaired) electrons. The van der Waals surface area contributed by atoms with Crippen LogP contribution in [0.4, 0.5) is 4.79 Å². The second kappa shape index (κ2) is 6.70. The van der Waals surface area contributed by atoms with Gasteiger partial charge in [-0.3, -0.25) is 0 Å². The zero-order valence-corrected chi connectivity index (χ0v) is 16.8. The van der Waals surface area contributed by atoms with Crippen LogP contribution in [0, 0.1) is 17.8 Å². The average Bonchev–Trinajstić information content (AvgIpc) is 3.43. The summed E-state index contributed by atoms with van der Waals surface area (Å²) in [6, 6.07) is 3.87. The average molecular weight is 376 g/mol. The predicted octanol–water partition coefficient (Wildman–Crippen LogP) is 4.88. The van der Waals surface area contributed by atoms with E-state index in [1.165, 1.54) is 0 Å². The van der Waals surface area contributed by atoms with Gasteiger partial charge in [0, 0.05) is 11.1 Å². The molecule has 2 saturated carbocycles. The largest absolute Gasteiger partial charge is 0.495 e. The van der Waals surface area contributed by atoms with Gasteiger partial charge in [0.15, 0.2) is 0 Å². The van der Waals surface area contributed by atoms with E-state index in [-0.39, 0.29) is 0 Å². The molecule has 1 aromatic rings. The van der Waals surface area contributed by atoms with Crippen LogP contribution in [0.25, 0.3) is 0 Å². The minimum atomic E-state index is -0.525. The molecule has 0 heterocycles. The van der Waals surface area contributed by atoms with Crippen molar-refractivity contribution in [3.05, 3.63) is 28.3 Å². The van der Waals surface area contributed by atoms with E-state index in [0.717, 1.165) is 35.4 Å². The summed E-state index contributed by atoms with van der Waals surface area (Å²) in [5.74, 6) is 8.23. The molecule has 2 fully saturated rings. The quantitative estimate of drug-likeness (QED) is 0.766. The van der Waals surface area contributed by atoms with Crippen LogP contribution < -0.4 is 10.1 Å². The molecule has 0 bridgehead atoms. The number of halogens is 1. The first-order valence-corrected chi connectivity index (χ1v) is 9.42. The van der Waals surface area contributed by atoms with Crippen LogP contribution >= 0.6 is 11.6 Å². The zero-order valence-electron chi connectivity index (χ0n) is 16.0. The number of amides is 1. The summed E-state index contributed by atoms with van der Waals surface area (Å²) in [5, 5.41) is 3.63. The second-order valence-corrected chi connectivity index (χ2v) is 8.76. The highest BCUT2D eigenvalue weighted by Gasteiger charge is 2.44. The summed E-state index contributed by atoms with van der Waals surface area (Å²) >= 11 is 6.41. The zero-order chi connectivity index (χ0) is 19.1. The van der Waals surface area contributed by atoms with E-state index in [9.17, 15) is 4.79 Å². The fraction of sp³-hybridized carbons (Fsp3) is 0.571. The fourth-order valence-electron chi connectivity index (χ4n) is 2.97. The van der Waals surface area contributed by atoms with E-state index in [1.807, 2.05) is 32.9 Å². The van der Waals surface area contributed by atoms with Crippen LogP contribution in [-0.2, 0) is 4.74 Å². The lowest BCUT2D eigenvalue weighted by Gasteiger charge is -2.21. The maximum atomic E-state index is 12.0. The van der Waals surface area contributed by atoms with Crippen LogP contribution in [0.5, 0.6) is 5.75 Å². The van der Waals surface area contributed by atoms with E-state index in [4.69, 9.17) is 21.1 Å². The SMILES string of the molecule is COc1cc(Cl)c(C2CC2C)cc1C#CC1(NC(=O)OC(C)(C)C)CC1. The van der Waals surface area contributed by atoms with Gasteiger partial charge in [0.2, 0.25) is 0 Å². The van der Waals surface area contributed by atoms with E-state index >= 15 is 0 Å². The molecule has 1 N–H and O–H groups in total. The number of rotatable bonds is 3. The summed E-state index contributed by atoms with van der Waals surface area (Å²) in [6.07, 6.45) is 2.37. The first kappa shape index (κ1) is 18.9. The van der Waals surface area contributed by atoms with Gasteiger partial charge in [0.05, 0.1) is 12.7 Å². The Hall–Kier alpha value is -1.86. The Labute approximate surface area is 160 Å². The molecule has 0 aromatic heterocycles. The minimum absolute atomic E-state index is 0.431. The first-order chi connectivity index (χ1) is 12.1. The molecule has 0 spiro atoms. The third-order valence-corrected chi connectivity index (χ3v) is 5.08. The summed E-state index contributed by atoms with van der Waals surface area (Å²) in [4.78, 5) is 12.0. The van der Waals surface area contributed by atoms with Crippen LogP contribution in [0.1, 0.15) is 64.0 Å². The van der Waals surface area contributed by atoms with Gasteiger partial charge in [-0.25, -0.2) is 4.79 Å². The standard InChI is InChI=1S/C21H26ClNO3/c1-13-10-15(13)16-11-14(18(25-5)12-17(16)22)6-7-21(8-9-21)23-19(24)26-20(2,3)4/h11-13,15H,8-10H2,1-5H3,(H,23,24). The van der Waals surface area contributed by atoms with Gasteiger partial charge in [0.25, 0.3) is 0 Å². The Morgan fingerprint density at radius 2 is 2.00 bits per heavy atom. The molecule has 1 amide bonds. The molecule has 0 saturated heterocycles. The molecule has 2 aliphatic carbocycles. The fourth-order valence-corrected chi connectivity index (χ4v) is 3.26. The van der Waals surface area contributed by atoms with Crippen molar-refractivity contribution in [1.82, 2.24) is 5.32 Å². The maximum Gasteiger partial charge on any atom is 0.408 e. The molecule has 2 atom stereocenters. The topological polar surface area (TPSA) is 47.6 Å². The van der Waals surface area contributed by atoms with Crippen molar-refractivity contribution < 1.29 is 14.3 Å². The van der Waals surface area contributed by atoms with Crippen molar-refractivity contribution in [3.63, 3.8) is 0 Å². The van der Waals surface area contributed by atoms with Gasteiger partial charge < -0.3 is 14.8 Å². The third-order valence-electron chi connectivity index (χ3n) is 4.75. The van der Waals surface area contributed by atoms with Crippen LogP contribution in [0.2, 0.25) is 5.02 Å². The second-order valence-electron chi connectivity index (χ2n) is 8.35. The molecule has 0 aliphatic heterocycles. The summed E-state index contributed by atoms with van der Waals surface area (Å²) in [6.45, 7) is 7.75. The van der Waals surface area contributed by atoms with Gasteiger partial charge in [0.1, 0.15) is 16.9 Å². The lowest BCUT2D eigenvalue weighted by Crippen LogP contribution is -2.39. The Balaban J connectivity index is 1.80. The molecule has 26 heavy (non-hydrogen) atoms.